The topological polar surface area (TPSA) is 59.5 Å². The second-order valence-electron chi connectivity index (χ2n) is 7.73. The van der Waals surface area contributed by atoms with Crippen molar-refractivity contribution >= 4 is 22.8 Å². The number of rotatable bonds is 8. The molecule has 154 valence electrons. The number of aromatic nitrogens is 1. The quantitative estimate of drug-likeness (QED) is 0.532. The minimum absolute atomic E-state index is 0.0915. The maximum Gasteiger partial charge on any atom is 0.309 e. The van der Waals surface area contributed by atoms with Crippen molar-refractivity contribution in [1.82, 2.24) is 9.88 Å². The first kappa shape index (κ1) is 20.1. The number of pyridine rings is 1. The average molecular weight is 402 g/mol. The molecule has 2 aromatic carbocycles. The van der Waals surface area contributed by atoms with E-state index in [1.165, 1.54) is 5.56 Å². The van der Waals surface area contributed by atoms with Crippen LogP contribution in [0.4, 0.5) is 0 Å². The van der Waals surface area contributed by atoms with Gasteiger partial charge in [0, 0.05) is 18.5 Å². The van der Waals surface area contributed by atoms with Crippen LogP contribution in [-0.2, 0) is 16.0 Å². The Morgan fingerprint density at radius 1 is 1.03 bits per heavy atom. The molecule has 0 spiro atoms. The van der Waals surface area contributed by atoms with Gasteiger partial charge in [0.2, 0.25) is 0 Å². The third kappa shape index (κ3) is 4.67. The maximum absolute atomic E-state index is 13.3. The molecule has 1 heterocycles. The molecule has 1 saturated carbocycles. The molecule has 4 rings (SSSR count). The summed E-state index contributed by atoms with van der Waals surface area (Å²) in [5, 5.41) is 1.01. The van der Waals surface area contributed by atoms with Gasteiger partial charge in [0.25, 0.3) is 5.91 Å². The van der Waals surface area contributed by atoms with E-state index in [4.69, 9.17) is 4.74 Å². The lowest BCUT2D eigenvalue weighted by Crippen LogP contribution is -2.35. The molecular weight excluding hydrogens is 376 g/mol. The number of hydrogen-bond acceptors (Lipinski definition) is 4. The summed E-state index contributed by atoms with van der Waals surface area (Å²) in [5.74, 6) is -0.182. The number of hydrogen-bond donors (Lipinski definition) is 0. The third-order valence-electron chi connectivity index (χ3n) is 5.58. The van der Waals surface area contributed by atoms with E-state index in [9.17, 15) is 9.59 Å². The number of ether oxygens (including phenoxy) is 1. The molecule has 30 heavy (non-hydrogen) atoms. The van der Waals surface area contributed by atoms with Crippen molar-refractivity contribution in [3.05, 3.63) is 78.0 Å². The van der Waals surface area contributed by atoms with Gasteiger partial charge in [-0.05, 0) is 43.4 Å². The van der Waals surface area contributed by atoms with Gasteiger partial charge in [0.05, 0.1) is 18.0 Å². The molecular formula is C25H26N2O3. The van der Waals surface area contributed by atoms with E-state index in [1.54, 1.807) is 6.07 Å². The van der Waals surface area contributed by atoms with Crippen molar-refractivity contribution in [1.29, 1.82) is 0 Å². The average Bonchev–Trinajstić information content (AvgIpc) is 3.56. The van der Waals surface area contributed by atoms with E-state index in [0.29, 0.717) is 25.4 Å². The van der Waals surface area contributed by atoms with Gasteiger partial charge in [-0.3, -0.25) is 9.59 Å². The van der Waals surface area contributed by atoms with Gasteiger partial charge in [-0.2, -0.15) is 0 Å². The Labute approximate surface area is 176 Å². The number of carbonyl (C=O) groups excluding carboxylic acids is 2. The molecule has 5 nitrogen and oxygen atoms in total. The summed E-state index contributed by atoms with van der Waals surface area (Å²) in [5.41, 5.74) is 2.43. The Kier molecular flexibility index (Phi) is 6.07. The second-order valence-corrected chi connectivity index (χ2v) is 7.73. The molecule has 5 heteroatoms. The normalized spacial score (nSPS) is 17.5. The molecule has 0 unspecified atom stereocenters. The van der Waals surface area contributed by atoms with Gasteiger partial charge >= 0.3 is 5.97 Å². The highest BCUT2D eigenvalue weighted by molar-refractivity contribution is 5.95. The molecule has 0 bridgehead atoms. The first-order valence-corrected chi connectivity index (χ1v) is 10.5. The molecule has 1 fully saturated rings. The van der Waals surface area contributed by atoms with Crippen LogP contribution in [-0.4, -0.2) is 41.5 Å². The molecule has 0 N–H and O–H groups in total. The summed E-state index contributed by atoms with van der Waals surface area (Å²) in [7, 11) is 0. The van der Waals surface area contributed by atoms with E-state index in [1.807, 2.05) is 60.4 Å². The van der Waals surface area contributed by atoms with E-state index >= 15 is 0 Å². The fraction of sp³-hybridized carbons (Fsp3) is 0.320. The predicted octanol–water partition coefficient (Wildman–Crippen LogP) is 4.12. The predicted molar refractivity (Wildman–Crippen MR) is 116 cm³/mol. The van der Waals surface area contributed by atoms with Gasteiger partial charge in [0.15, 0.2) is 0 Å². The molecule has 3 aromatic rings. The summed E-state index contributed by atoms with van der Waals surface area (Å²) in [6, 6.07) is 21.6. The maximum atomic E-state index is 13.3. The van der Waals surface area contributed by atoms with Crippen molar-refractivity contribution in [2.45, 2.75) is 19.8 Å². The highest BCUT2D eigenvalue weighted by atomic mass is 16.5. The Balaban J connectivity index is 1.50. The van der Waals surface area contributed by atoms with Gasteiger partial charge < -0.3 is 9.64 Å². The van der Waals surface area contributed by atoms with Crippen LogP contribution in [0, 0.1) is 11.8 Å². The molecule has 0 radical (unpaired) electrons. The Morgan fingerprint density at radius 2 is 1.80 bits per heavy atom. The number of benzene rings is 2. The third-order valence-corrected chi connectivity index (χ3v) is 5.58. The van der Waals surface area contributed by atoms with Crippen LogP contribution in [0.15, 0.2) is 66.7 Å². The first-order valence-electron chi connectivity index (χ1n) is 10.5. The minimum atomic E-state index is -0.151. The Morgan fingerprint density at radius 3 is 2.60 bits per heavy atom. The molecule has 1 amide bonds. The van der Waals surface area contributed by atoms with E-state index in [2.05, 4.69) is 17.1 Å². The fourth-order valence-corrected chi connectivity index (χ4v) is 3.80. The van der Waals surface area contributed by atoms with Crippen LogP contribution < -0.4 is 0 Å². The molecule has 1 aliphatic carbocycles. The van der Waals surface area contributed by atoms with Crippen LogP contribution in [0.25, 0.3) is 10.9 Å². The highest BCUT2D eigenvalue weighted by Gasteiger charge is 2.45. The van der Waals surface area contributed by atoms with Crippen molar-refractivity contribution in [2.75, 3.05) is 19.7 Å². The van der Waals surface area contributed by atoms with Gasteiger partial charge in [-0.1, -0.05) is 54.6 Å². The zero-order chi connectivity index (χ0) is 20.9. The molecule has 1 aromatic heterocycles. The number of para-hydroxylation sites is 1. The monoisotopic (exact) mass is 402 g/mol. The zero-order valence-electron chi connectivity index (χ0n) is 17.2. The highest BCUT2D eigenvalue weighted by Crippen LogP contribution is 2.40. The summed E-state index contributed by atoms with van der Waals surface area (Å²) in [6.45, 7) is 3.34. The fourth-order valence-electron chi connectivity index (χ4n) is 3.80. The molecule has 2 atom stereocenters. The Bertz CT molecular complexity index is 1030. The summed E-state index contributed by atoms with van der Waals surface area (Å²) in [4.78, 5) is 31.8. The SMILES string of the molecule is CCOC(=O)[C@H]1C[C@@H]1CN(CCc1ccccc1)C(=O)c1ccc2ccccc2n1. The lowest BCUT2D eigenvalue weighted by Gasteiger charge is -2.23. The molecule has 1 aliphatic rings. The van der Waals surface area contributed by atoms with Crippen molar-refractivity contribution in [3.63, 3.8) is 0 Å². The largest absolute Gasteiger partial charge is 0.466 e. The minimum Gasteiger partial charge on any atom is -0.466 e. The number of carbonyl (C=O) groups is 2. The second kappa shape index (κ2) is 9.08. The van der Waals surface area contributed by atoms with Gasteiger partial charge in [-0.15, -0.1) is 0 Å². The van der Waals surface area contributed by atoms with Crippen LogP contribution in [0.2, 0.25) is 0 Å². The van der Waals surface area contributed by atoms with E-state index in [-0.39, 0.29) is 23.7 Å². The zero-order valence-corrected chi connectivity index (χ0v) is 17.2. The first-order chi connectivity index (χ1) is 14.7. The van der Waals surface area contributed by atoms with Crippen LogP contribution >= 0.6 is 0 Å². The van der Waals surface area contributed by atoms with Crippen LogP contribution in [0.5, 0.6) is 0 Å². The number of fused-ring (bicyclic) bond motifs is 1. The van der Waals surface area contributed by atoms with Crippen molar-refractivity contribution < 1.29 is 14.3 Å². The van der Waals surface area contributed by atoms with E-state index in [0.717, 1.165) is 23.7 Å². The lowest BCUT2D eigenvalue weighted by atomic mass is 10.1. The summed E-state index contributed by atoms with van der Waals surface area (Å²) >= 11 is 0. The van der Waals surface area contributed by atoms with Crippen molar-refractivity contribution in [3.8, 4) is 0 Å². The number of nitrogens with zero attached hydrogens (tertiary/aromatic N) is 2. The Hall–Kier alpha value is -3.21. The summed E-state index contributed by atoms with van der Waals surface area (Å²) in [6.07, 6.45) is 1.54. The number of esters is 1. The van der Waals surface area contributed by atoms with Gasteiger partial charge in [0.1, 0.15) is 5.69 Å². The smallest absolute Gasteiger partial charge is 0.309 e. The van der Waals surface area contributed by atoms with Crippen LogP contribution in [0.3, 0.4) is 0 Å². The summed E-state index contributed by atoms with van der Waals surface area (Å²) < 4.78 is 5.15. The van der Waals surface area contributed by atoms with Gasteiger partial charge in [-0.25, -0.2) is 4.98 Å². The lowest BCUT2D eigenvalue weighted by molar-refractivity contribution is -0.145. The van der Waals surface area contributed by atoms with Crippen molar-refractivity contribution in [2.24, 2.45) is 11.8 Å². The van der Waals surface area contributed by atoms with E-state index < -0.39 is 0 Å². The number of amides is 1. The molecule has 0 aliphatic heterocycles. The standard InChI is InChI=1S/C25H26N2O3/c1-2-30-25(29)21-16-20(21)17-27(15-14-18-8-4-3-5-9-18)24(28)23-13-12-19-10-6-7-11-22(19)26-23/h3-13,20-21H,2,14-17H2,1H3/t20-,21+/m1/s1. The molecule has 0 saturated heterocycles. The van der Waals surface area contributed by atoms with Crippen LogP contribution in [0.1, 0.15) is 29.4 Å².